The molecule has 0 aromatic heterocycles. The summed E-state index contributed by atoms with van der Waals surface area (Å²) < 4.78 is 16.0. The molecule has 176 valence electrons. The molecule has 0 radical (unpaired) electrons. The smallest absolute Gasteiger partial charge is 0.340 e. The Morgan fingerprint density at radius 3 is 2.38 bits per heavy atom. The van der Waals surface area contributed by atoms with E-state index in [1.807, 2.05) is 0 Å². The maximum Gasteiger partial charge on any atom is 0.340 e. The molecular formula is C24H20Cl2N2O6. The van der Waals surface area contributed by atoms with Crippen molar-refractivity contribution in [2.24, 2.45) is 5.10 Å². The molecular weight excluding hydrogens is 483 g/mol. The van der Waals surface area contributed by atoms with Crippen molar-refractivity contribution in [1.29, 1.82) is 0 Å². The number of aromatic carboxylic acids is 1. The predicted octanol–water partition coefficient (Wildman–Crippen LogP) is 5.05. The second kappa shape index (κ2) is 11.4. The molecule has 0 aliphatic rings. The molecule has 2 N–H and O–H groups in total. The number of carbonyl (C=O) groups excluding carboxylic acids is 1. The van der Waals surface area contributed by atoms with Gasteiger partial charge in [0.2, 0.25) is 0 Å². The number of methoxy groups -OCH3 is 2. The highest BCUT2D eigenvalue weighted by Crippen LogP contribution is 2.33. The number of carboxylic acid groups (broad SMARTS) is 1. The number of ether oxygens (including phenoxy) is 3. The number of hydrazone groups is 1. The maximum atomic E-state index is 12.4. The molecule has 0 unspecified atom stereocenters. The number of nitrogens with zero attached hydrogens (tertiary/aromatic N) is 1. The van der Waals surface area contributed by atoms with Crippen molar-refractivity contribution in [1.82, 2.24) is 5.43 Å². The zero-order valence-corrected chi connectivity index (χ0v) is 19.7. The minimum absolute atomic E-state index is 0.0563. The van der Waals surface area contributed by atoms with Gasteiger partial charge in [0, 0.05) is 26.7 Å². The number of hydrogen-bond acceptors (Lipinski definition) is 6. The van der Waals surface area contributed by atoms with Crippen LogP contribution in [-0.2, 0) is 6.61 Å². The molecule has 3 rings (SSSR count). The third kappa shape index (κ3) is 5.98. The van der Waals surface area contributed by atoms with Crippen LogP contribution in [0.1, 0.15) is 31.8 Å². The summed E-state index contributed by atoms with van der Waals surface area (Å²) in [6.07, 6.45) is 1.22. The van der Waals surface area contributed by atoms with E-state index in [9.17, 15) is 14.7 Å². The van der Waals surface area contributed by atoms with Gasteiger partial charge >= 0.3 is 5.97 Å². The van der Waals surface area contributed by atoms with Crippen molar-refractivity contribution in [3.05, 3.63) is 86.9 Å². The van der Waals surface area contributed by atoms with Crippen molar-refractivity contribution in [2.45, 2.75) is 6.61 Å². The Morgan fingerprint density at radius 2 is 1.76 bits per heavy atom. The molecule has 10 heteroatoms. The Hall–Kier alpha value is -3.75. The van der Waals surface area contributed by atoms with Crippen molar-refractivity contribution in [3.8, 4) is 17.2 Å². The molecule has 0 aliphatic carbocycles. The largest absolute Gasteiger partial charge is 0.493 e. The van der Waals surface area contributed by atoms with Gasteiger partial charge in [-0.15, -0.1) is 0 Å². The van der Waals surface area contributed by atoms with Crippen molar-refractivity contribution in [2.75, 3.05) is 14.2 Å². The molecule has 0 fully saturated rings. The maximum absolute atomic E-state index is 12.4. The van der Waals surface area contributed by atoms with Crippen molar-refractivity contribution in [3.63, 3.8) is 0 Å². The van der Waals surface area contributed by atoms with E-state index in [1.54, 1.807) is 48.5 Å². The molecule has 0 aliphatic heterocycles. The van der Waals surface area contributed by atoms with Crippen LogP contribution in [0.2, 0.25) is 10.0 Å². The van der Waals surface area contributed by atoms with Gasteiger partial charge in [0.25, 0.3) is 5.91 Å². The monoisotopic (exact) mass is 502 g/mol. The average Bonchev–Trinajstić information content (AvgIpc) is 2.83. The second-order valence-corrected chi connectivity index (χ2v) is 7.66. The zero-order chi connectivity index (χ0) is 24.7. The predicted molar refractivity (Wildman–Crippen MR) is 129 cm³/mol. The Bertz CT molecular complexity index is 1230. The Balaban J connectivity index is 1.64. The fraction of sp³-hybridized carbons (Fsp3) is 0.125. The Kier molecular flexibility index (Phi) is 8.34. The van der Waals surface area contributed by atoms with Crippen LogP contribution in [0.5, 0.6) is 17.2 Å². The number of rotatable bonds is 9. The molecule has 0 spiro atoms. The topological polar surface area (TPSA) is 106 Å². The van der Waals surface area contributed by atoms with Crippen LogP contribution in [-0.4, -0.2) is 37.4 Å². The first-order chi connectivity index (χ1) is 16.3. The van der Waals surface area contributed by atoms with E-state index < -0.39 is 11.9 Å². The first-order valence-electron chi connectivity index (χ1n) is 9.82. The molecule has 0 saturated carbocycles. The van der Waals surface area contributed by atoms with Gasteiger partial charge in [0.05, 0.1) is 20.4 Å². The molecule has 0 saturated heterocycles. The average molecular weight is 503 g/mol. The summed E-state index contributed by atoms with van der Waals surface area (Å²) in [6, 6.07) is 14.6. The van der Waals surface area contributed by atoms with E-state index in [0.717, 1.165) is 5.56 Å². The number of benzene rings is 3. The second-order valence-electron chi connectivity index (χ2n) is 6.82. The lowest BCUT2D eigenvalue weighted by Crippen LogP contribution is -2.18. The van der Waals surface area contributed by atoms with Crippen LogP contribution in [0.25, 0.3) is 0 Å². The van der Waals surface area contributed by atoms with Crippen LogP contribution in [0, 0.1) is 0 Å². The third-order valence-corrected chi connectivity index (χ3v) is 5.27. The minimum Gasteiger partial charge on any atom is -0.493 e. The molecule has 0 atom stereocenters. The van der Waals surface area contributed by atoms with Gasteiger partial charge < -0.3 is 19.3 Å². The van der Waals surface area contributed by atoms with Crippen LogP contribution in [0.3, 0.4) is 0 Å². The molecule has 1 amide bonds. The van der Waals surface area contributed by atoms with Gasteiger partial charge in [0.1, 0.15) is 17.9 Å². The normalized spacial score (nSPS) is 10.7. The minimum atomic E-state index is -1.22. The lowest BCUT2D eigenvalue weighted by atomic mass is 10.1. The standard InChI is InChI=1S/C24H20Cl2N2O6/c1-32-20-10-6-15(21(24(30)31)22(20)33-2)12-27-28-23(29)14-4-8-18(9-5-14)34-13-16-3-7-17(25)11-19(16)26/h3-12H,13H2,1-2H3,(H,28,29)(H,30,31)/b27-12-. The number of carboxylic acids is 1. The summed E-state index contributed by atoms with van der Waals surface area (Å²) in [5.74, 6) is -0.843. The Labute approximate surface area is 205 Å². The number of amides is 1. The first-order valence-corrected chi connectivity index (χ1v) is 10.6. The molecule has 8 nitrogen and oxygen atoms in total. The van der Waals surface area contributed by atoms with Crippen LogP contribution in [0.4, 0.5) is 0 Å². The van der Waals surface area contributed by atoms with Gasteiger partial charge in [-0.25, -0.2) is 10.2 Å². The number of carbonyl (C=O) groups is 2. The summed E-state index contributed by atoms with van der Waals surface area (Å²) >= 11 is 12.0. The van der Waals surface area contributed by atoms with Gasteiger partial charge in [-0.1, -0.05) is 29.3 Å². The summed E-state index contributed by atoms with van der Waals surface area (Å²) in [5.41, 5.74) is 3.57. The van der Waals surface area contributed by atoms with Gasteiger partial charge in [0.15, 0.2) is 11.5 Å². The molecule has 0 bridgehead atoms. The highest BCUT2D eigenvalue weighted by Gasteiger charge is 2.20. The zero-order valence-electron chi connectivity index (χ0n) is 18.2. The summed E-state index contributed by atoms with van der Waals surface area (Å²) in [7, 11) is 2.74. The number of halogens is 2. The summed E-state index contributed by atoms with van der Waals surface area (Å²) in [4.78, 5) is 24.1. The van der Waals surface area contributed by atoms with Crippen molar-refractivity contribution < 1.29 is 28.9 Å². The molecule has 34 heavy (non-hydrogen) atoms. The first kappa shape index (κ1) is 24.9. The summed E-state index contributed by atoms with van der Waals surface area (Å²) in [6.45, 7) is 0.239. The fourth-order valence-corrected chi connectivity index (χ4v) is 3.46. The Morgan fingerprint density at radius 1 is 1.03 bits per heavy atom. The van der Waals surface area contributed by atoms with E-state index in [0.29, 0.717) is 21.4 Å². The summed E-state index contributed by atoms with van der Waals surface area (Å²) in [5, 5.41) is 14.5. The number of nitrogens with one attached hydrogen (secondary N) is 1. The third-order valence-electron chi connectivity index (χ3n) is 4.69. The number of hydrogen-bond donors (Lipinski definition) is 2. The molecule has 3 aromatic rings. The van der Waals surface area contributed by atoms with E-state index in [1.165, 1.54) is 26.5 Å². The molecule has 0 heterocycles. The highest BCUT2D eigenvalue weighted by atomic mass is 35.5. The molecule has 3 aromatic carbocycles. The van der Waals surface area contributed by atoms with Gasteiger partial charge in [-0.05, 0) is 48.5 Å². The van der Waals surface area contributed by atoms with Crippen molar-refractivity contribution >= 4 is 41.3 Å². The van der Waals surface area contributed by atoms with Gasteiger partial charge in [-0.3, -0.25) is 4.79 Å². The van der Waals surface area contributed by atoms with E-state index in [-0.39, 0.29) is 29.2 Å². The van der Waals surface area contributed by atoms with E-state index in [4.69, 9.17) is 37.4 Å². The van der Waals surface area contributed by atoms with Crippen LogP contribution in [0.15, 0.2) is 59.7 Å². The SMILES string of the molecule is COc1ccc(/C=N\NC(=O)c2ccc(OCc3ccc(Cl)cc3Cl)cc2)c(C(=O)O)c1OC. The van der Waals surface area contributed by atoms with Crippen LogP contribution >= 0.6 is 23.2 Å². The van der Waals surface area contributed by atoms with E-state index >= 15 is 0 Å². The lowest BCUT2D eigenvalue weighted by molar-refractivity contribution is 0.0692. The van der Waals surface area contributed by atoms with Crippen LogP contribution < -0.4 is 19.6 Å². The lowest BCUT2D eigenvalue weighted by Gasteiger charge is -2.12. The fourth-order valence-electron chi connectivity index (χ4n) is 3.00. The van der Waals surface area contributed by atoms with E-state index in [2.05, 4.69) is 10.5 Å². The quantitative estimate of drug-likeness (QED) is 0.313. The van der Waals surface area contributed by atoms with Gasteiger partial charge in [-0.2, -0.15) is 5.10 Å². The highest BCUT2D eigenvalue weighted by molar-refractivity contribution is 6.35.